The summed E-state index contributed by atoms with van der Waals surface area (Å²) in [5.74, 6) is 0.689. The summed E-state index contributed by atoms with van der Waals surface area (Å²) in [6.07, 6.45) is 7.01. The minimum atomic E-state index is -0.997. The van der Waals surface area contributed by atoms with Crippen molar-refractivity contribution in [2.24, 2.45) is 28.6 Å². The number of hydrogen-bond acceptors (Lipinski definition) is 5. The zero-order valence-corrected chi connectivity index (χ0v) is 19.8. The van der Waals surface area contributed by atoms with Crippen LogP contribution in [0.2, 0.25) is 0 Å². The summed E-state index contributed by atoms with van der Waals surface area (Å²) in [6.45, 7) is 6.29. The van der Waals surface area contributed by atoms with Gasteiger partial charge in [0, 0.05) is 24.2 Å². The maximum Gasteiger partial charge on any atom is 0.303 e. The van der Waals surface area contributed by atoms with Crippen LogP contribution in [0.25, 0.3) is 0 Å². The lowest BCUT2D eigenvalue weighted by Gasteiger charge is -2.62. The van der Waals surface area contributed by atoms with E-state index in [1.54, 1.807) is 12.3 Å². The van der Waals surface area contributed by atoms with E-state index in [4.69, 9.17) is 4.42 Å². The molecule has 0 saturated heterocycles. The van der Waals surface area contributed by atoms with E-state index in [1.807, 2.05) is 6.92 Å². The van der Waals surface area contributed by atoms with Gasteiger partial charge in [-0.25, -0.2) is 0 Å². The zero-order chi connectivity index (χ0) is 23.8. The summed E-state index contributed by atoms with van der Waals surface area (Å²) in [4.78, 5) is 23.7. The highest BCUT2D eigenvalue weighted by atomic mass is 16.4. The van der Waals surface area contributed by atoms with E-state index >= 15 is 0 Å². The Morgan fingerprint density at radius 3 is 2.58 bits per heavy atom. The van der Waals surface area contributed by atoms with Gasteiger partial charge in [0.15, 0.2) is 5.78 Å². The predicted molar refractivity (Wildman–Crippen MR) is 121 cm³/mol. The third-order valence-electron chi connectivity index (χ3n) is 10.3. The van der Waals surface area contributed by atoms with Crippen LogP contribution in [0.1, 0.15) is 82.5 Å². The maximum absolute atomic E-state index is 12.4. The van der Waals surface area contributed by atoms with Gasteiger partial charge >= 0.3 is 5.97 Å². The van der Waals surface area contributed by atoms with Crippen LogP contribution in [-0.4, -0.2) is 38.8 Å². The lowest BCUT2D eigenvalue weighted by atomic mass is 9.43. The van der Waals surface area contributed by atoms with Crippen LogP contribution in [-0.2, 0) is 9.59 Å². The van der Waals surface area contributed by atoms with Crippen molar-refractivity contribution in [3.63, 3.8) is 0 Å². The minimum absolute atomic E-state index is 0.00707. The standard InChI is InChI=1S/C27H36O6/c1-15-10-21(33-14-15)18-12-16-11-17(28)13-22(29)26(16,3)20-4-7-25(2)19(24(18)20)5-8-27(25,32)9-6-23(30)31/h10-11,14,18-20,22,24,29,32H,4-9,12-13H2,1-3H3,(H,30,31)/t18-,19-,20-,22-,24-,25-,26-,27+/m0/s1. The predicted octanol–water partition coefficient (Wildman–Crippen LogP) is 4.38. The first-order valence-corrected chi connectivity index (χ1v) is 12.4. The molecule has 3 saturated carbocycles. The van der Waals surface area contributed by atoms with Crippen molar-refractivity contribution in [1.29, 1.82) is 0 Å². The minimum Gasteiger partial charge on any atom is -0.481 e. The van der Waals surface area contributed by atoms with Crippen molar-refractivity contribution >= 4 is 11.8 Å². The van der Waals surface area contributed by atoms with E-state index in [-0.39, 0.29) is 54.1 Å². The fourth-order valence-corrected chi connectivity index (χ4v) is 8.39. The Hall–Kier alpha value is -1.92. The van der Waals surface area contributed by atoms with Gasteiger partial charge in [-0.2, -0.15) is 0 Å². The van der Waals surface area contributed by atoms with Gasteiger partial charge in [-0.3, -0.25) is 9.59 Å². The van der Waals surface area contributed by atoms with E-state index in [0.29, 0.717) is 12.8 Å². The Bertz CT molecular complexity index is 1010. The van der Waals surface area contributed by atoms with Crippen LogP contribution < -0.4 is 0 Å². The Labute approximate surface area is 195 Å². The second-order valence-corrected chi connectivity index (χ2v) is 11.7. The van der Waals surface area contributed by atoms with Crippen molar-refractivity contribution < 1.29 is 29.3 Å². The van der Waals surface area contributed by atoms with E-state index in [2.05, 4.69) is 19.9 Å². The number of aliphatic hydroxyl groups excluding tert-OH is 1. The number of carbonyl (C=O) groups excluding carboxylic acids is 1. The van der Waals surface area contributed by atoms with Crippen LogP contribution in [0.3, 0.4) is 0 Å². The van der Waals surface area contributed by atoms with Crippen LogP contribution in [0, 0.1) is 35.5 Å². The number of hydrogen-bond donors (Lipinski definition) is 3. The number of ketones is 1. The number of furan rings is 1. The number of carboxylic acid groups (broad SMARTS) is 1. The van der Waals surface area contributed by atoms with Gasteiger partial charge in [0.25, 0.3) is 0 Å². The molecule has 0 spiro atoms. The Morgan fingerprint density at radius 2 is 1.91 bits per heavy atom. The van der Waals surface area contributed by atoms with Gasteiger partial charge in [0.05, 0.1) is 18.0 Å². The van der Waals surface area contributed by atoms with Gasteiger partial charge in [-0.15, -0.1) is 0 Å². The molecule has 6 nitrogen and oxygen atoms in total. The fourth-order valence-electron chi connectivity index (χ4n) is 8.39. The van der Waals surface area contributed by atoms with Gasteiger partial charge in [-0.1, -0.05) is 19.4 Å². The topological polar surface area (TPSA) is 108 Å². The molecular formula is C27H36O6. The second kappa shape index (κ2) is 7.54. The summed E-state index contributed by atoms with van der Waals surface area (Å²) in [7, 11) is 0. The molecule has 4 aliphatic carbocycles. The lowest BCUT2D eigenvalue weighted by molar-refractivity contribution is -0.157. The highest BCUT2D eigenvalue weighted by molar-refractivity contribution is 5.92. The molecule has 0 aromatic carbocycles. The molecule has 1 heterocycles. The van der Waals surface area contributed by atoms with Gasteiger partial charge in [0.2, 0.25) is 0 Å². The summed E-state index contributed by atoms with van der Waals surface area (Å²) in [5.41, 5.74) is 0.264. The number of carbonyl (C=O) groups is 2. The highest BCUT2D eigenvalue weighted by Crippen LogP contribution is 2.70. The second-order valence-electron chi connectivity index (χ2n) is 11.7. The quantitative estimate of drug-likeness (QED) is 0.621. The molecule has 0 bridgehead atoms. The Balaban J connectivity index is 1.59. The highest BCUT2D eigenvalue weighted by Gasteiger charge is 2.67. The van der Waals surface area contributed by atoms with Crippen LogP contribution in [0.5, 0.6) is 0 Å². The molecule has 5 rings (SSSR count). The zero-order valence-electron chi connectivity index (χ0n) is 19.8. The largest absolute Gasteiger partial charge is 0.481 e. The maximum atomic E-state index is 12.4. The van der Waals surface area contributed by atoms with Crippen LogP contribution >= 0.6 is 0 Å². The molecule has 180 valence electrons. The molecule has 33 heavy (non-hydrogen) atoms. The smallest absolute Gasteiger partial charge is 0.303 e. The molecule has 3 N–H and O–H groups in total. The molecule has 0 radical (unpaired) electrons. The van der Waals surface area contributed by atoms with Gasteiger partial charge in [0.1, 0.15) is 5.76 Å². The molecule has 1 aromatic rings. The van der Waals surface area contributed by atoms with Crippen LogP contribution in [0.15, 0.2) is 28.4 Å². The van der Waals surface area contributed by atoms with Gasteiger partial charge < -0.3 is 19.7 Å². The first kappa shape index (κ1) is 22.9. The van der Waals surface area contributed by atoms with Crippen molar-refractivity contribution in [2.75, 3.05) is 0 Å². The van der Waals surface area contributed by atoms with E-state index in [1.165, 1.54) is 0 Å². The Morgan fingerprint density at radius 1 is 1.18 bits per heavy atom. The van der Waals surface area contributed by atoms with Crippen LogP contribution in [0.4, 0.5) is 0 Å². The molecule has 0 unspecified atom stereocenters. The molecular weight excluding hydrogens is 420 g/mol. The number of fused-ring (bicyclic) bond motifs is 5. The van der Waals surface area contributed by atoms with Crippen molar-refractivity contribution in [2.45, 2.75) is 89.8 Å². The monoisotopic (exact) mass is 456 g/mol. The fraction of sp³-hybridized carbons (Fsp3) is 0.704. The Kier molecular flexibility index (Phi) is 5.22. The first-order valence-electron chi connectivity index (χ1n) is 12.4. The van der Waals surface area contributed by atoms with E-state index in [0.717, 1.165) is 36.2 Å². The molecule has 0 aliphatic heterocycles. The van der Waals surface area contributed by atoms with E-state index < -0.39 is 23.1 Å². The van der Waals surface area contributed by atoms with Crippen molar-refractivity contribution in [3.05, 3.63) is 35.3 Å². The van der Waals surface area contributed by atoms with Gasteiger partial charge in [-0.05, 0) is 86.3 Å². The van der Waals surface area contributed by atoms with Crippen molar-refractivity contribution in [1.82, 2.24) is 0 Å². The number of carboxylic acids is 1. The number of aliphatic carboxylic acids is 1. The average Bonchev–Trinajstić information content (AvgIpc) is 3.29. The lowest BCUT2D eigenvalue weighted by Crippen LogP contribution is -2.59. The molecule has 1 aromatic heterocycles. The molecule has 0 amide bonds. The molecule has 4 aliphatic rings. The molecule has 8 atom stereocenters. The summed E-state index contributed by atoms with van der Waals surface area (Å²) in [6, 6.07) is 2.09. The SMILES string of the molecule is Cc1coc([C@@H]2CC3=CC(=O)C[C@H](O)[C@]3(C)[C@H]3CC[C@@]4(C)[C@@H](CC[C@@]4(O)CCC(=O)O)[C@H]23)c1. The number of aliphatic hydroxyl groups is 2. The van der Waals surface area contributed by atoms with E-state index in [9.17, 15) is 24.9 Å². The third kappa shape index (κ3) is 3.20. The summed E-state index contributed by atoms with van der Waals surface area (Å²) in [5, 5.41) is 32.2. The first-order chi connectivity index (χ1) is 15.5. The normalized spacial score (nSPS) is 44.6. The number of rotatable bonds is 4. The number of aryl methyl sites for hydroxylation is 1. The summed E-state index contributed by atoms with van der Waals surface area (Å²) >= 11 is 0. The third-order valence-corrected chi connectivity index (χ3v) is 10.3. The van der Waals surface area contributed by atoms with Crippen molar-refractivity contribution in [3.8, 4) is 0 Å². The molecule has 6 heteroatoms. The average molecular weight is 457 g/mol. The molecule has 3 fully saturated rings. The summed E-state index contributed by atoms with van der Waals surface area (Å²) < 4.78 is 6.02.